The van der Waals surface area contributed by atoms with Crippen LogP contribution in [0.15, 0.2) is 36.4 Å². The van der Waals surface area contributed by atoms with E-state index in [1.165, 1.54) is 13.2 Å². The summed E-state index contributed by atoms with van der Waals surface area (Å²) >= 11 is 11.8. The van der Waals surface area contributed by atoms with Gasteiger partial charge in [0.1, 0.15) is 11.5 Å². The van der Waals surface area contributed by atoms with Crippen molar-refractivity contribution in [2.45, 2.75) is 0 Å². The molecule has 0 amide bonds. The van der Waals surface area contributed by atoms with E-state index in [1.807, 2.05) is 0 Å². The number of hydrogen-bond acceptors (Lipinski definition) is 3. The Morgan fingerprint density at radius 1 is 0.950 bits per heavy atom. The fraction of sp³-hybridized carbons (Fsp3) is 0.133. The normalized spacial score (nSPS) is 10.2. The Morgan fingerprint density at radius 3 is 2.30 bits per heavy atom. The monoisotopic (exact) mass is 310 g/mol. The zero-order chi connectivity index (χ0) is 14.7. The van der Waals surface area contributed by atoms with Crippen molar-refractivity contribution in [2.24, 2.45) is 0 Å². The quantitative estimate of drug-likeness (QED) is 0.792. The van der Waals surface area contributed by atoms with Crippen LogP contribution < -0.4 is 9.47 Å². The van der Waals surface area contributed by atoms with Crippen LogP contribution in [0, 0.1) is 0 Å². The number of rotatable bonds is 4. The molecule has 0 fully saturated rings. The summed E-state index contributed by atoms with van der Waals surface area (Å²) in [7, 11) is 3.05. The van der Waals surface area contributed by atoms with Crippen molar-refractivity contribution in [2.75, 3.05) is 14.2 Å². The van der Waals surface area contributed by atoms with Crippen LogP contribution in [-0.2, 0) is 0 Å². The lowest BCUT2D eigenvalue weighted by Gasteiger charge is -2.10. The van der Waals surface area contributed by atoms with Gasteiger partial charge in [0.25, 0.3) is 0 Å². The fourth-order valence-electron chi connectivity index (χ4n) is 1.78. The van der Waals surface area contributed by atoms with Crippen molar-refractivity contribution >= 4 is 29.0 Å². The zero-order valence-corrected chi connectivity index (χ0v) is 12.5. The first-order valence-corrected chi connectivity index (χ1v) is 6.54. The highest BCUT2D eigenvalue weighted by Gasteiger charge is 2.16. The molecule has 0 saturated heterocycles. The van der Waals surface area contributed by atoms with Crippen LogP contribution in [0.2, 0.25) is 10.0 Å². The predicted octanol–water partition coefficient (Wildman–Crippen LogP) is 4.24. The second-order valence-corrected chi connectivity index (χ2v) is 4.84. The van der Waals surface area contributed by atoms with E-state index in [1.54, 1.807) is 37.4 Å². The molecular weight excluding hydrogens is 299 g/mol. The fourth-order valence-corrected chi connectivity index (χ4v) is 2.08. The van der Waals surface area contributed by atoms with Crippen LogP contribution >= 0.6 is 23.2 Å². The maximum atomic E-state index is 12.5. The topological polar surface area (TPSA) is 35.5 Å². The minimum absolute atomic E-state index is 0.192. The summed E-state index contributed by atoms with van der Waals surface area (Å²) in [5.41, 5.74) is 0.884. The average molecular weight is 311 g/mol. The summed E-state index contributed by atoms with van der Waals surface area (Å²) in [5.74, 6) is 0.871. The van der Waals surface area contributed by atoms with Gasteiger partial charge in [-0.2, -0.15) is 0 Å². The molecule has 0 saturated carbocycles. The standard InChI is InChI=1S/C15H12Cl2O3/c1-19-10-4-5-11(14(8-10)20-2)15(18)9-3-6-12(16)13(17)7-9/h3-8H,1-2H3. The molecule has 0 aliphatic heterocycles. The largest absolute Gasteiger partial charge is 0.497 e. The Bertz CT molecular complexity index is 654. The molecule has 5 heteroatoms. The van der Waals surface area contributed by atoms with Crippen molar-refractivity contribution < 1.29 is 14.3 Å². The van der Waals surface area contributed by atoms with E-state index in [-0.39, 0.29) is 5.78 Å². The van der Waals surface area contributed by atoms with Crippen molar-refractivity contribution in [1.82, 2.24) is 0 Å². The van der Waals surface area contributed by atoms with Gasteiger partial charge < -0.3 is 9.47 Å². The maximum absolute atomic E-state index is 12.5. The summed E-state index contributed by atoms with van der Waals surface area (Å²) in [6.07, 6.45) is 0. The molecule has 0 heterocycles. The van der Waals surface area contributed by atoms with E-state index in [0.29, 0.717) is 32.7 Å². The highest BCUT2D eigenvalue weighted by Crippen LogP contribution is 2.29. The summed E-state index contributed by atoms with van der Waals surface area (Å²) in [4.78, 5) is 12.5. The van der Waals surface area contributed by atoms with Crippen molar-refractivity contribution in [3.63, 3.8) is 0 Å². The lowest BCUT2D eigenvalue weighted by molar-refractivity contribution is 0.103. The number of hydrogen-bond donors (Lipinski definition) is 0. The van der Waals surface area contributed by atoms with Gasteiger partial charge >= 0.3 is 0 Å². The van der Waals surface area contributed by atoms with Gasteiger partial charge in [-0.05, 0) is 30.3 Å². The molecule has 0 spiro atoms. The van der Waals surface area contributed by atoms with Crippen LogP contribution in [0.4, 0.5) is 0 Å². The first-order chi connectivity index (χ1) is 9.56. The molecule has 0 aromatic heterocycles. The highest BCUT2D eigenvalue weighted by atomic mass is 35.5. The van der Waals surface area contributed by atoms with Crippen LogP contribution in [0.25, 0.3) is 0 Å². The summed E-state index contributed by atoms with van der Waals surface area (Å²) < 4.78 is 10.3. The van der Waals surface area contributed by atoms with Crippen LogP contribution in [0.1, 0.15) is 15.9 Å². The van der Waals surface area contributed by atoms with Gasteiger partial charge in [0.2, 0.25) is 0 Å². The molecule has 0 unspecified atom stereocenters. The lowest BCUT2D eigenvalue weighted by atomic mass is 10.0. The van der Waals surface area contributed by atoms with E-state index < -0.39 is 0 Å². The molecule has 3 nitrogen and oxygen atoms in total. The van der Waals surface area contributed by atoms with Crippen LogP contribution in [0.3, 0.4) is 0 Å². The number of carbonyl (C=O) groups excluding carboxylic acids is 1. The molecule has 2 rings (SSSR count). The Labute approximate surface area is 127 Å². The van der Waals surface area contributed by atoms with E-state index in [0.717, 1.165) is 0 Å². The second kappa shape index (κ2) is 6.16. The van der Waals surface area contributed by atoms with Gasteiger partial charge in [-0.3, -0.25) is 4.79 Å². The number of ketones is 1. The Balaban J connectivity index is 2.44. The number of ether oxygens (including phenoxy) is 2. The van der Waals surface area contributed by atoms with Gasteiger partial charge in [-0.1, -0.05) is 23.2 Å². The third-order valence-corrected chi connectivity index (χ3v) is 3.57. The van der Waals surface area contributed by atoms with Gasteiger partial charge in [0, 0.05) is 11.6 Å². The van der Waals surface area contributed by atoms with Gasteiger partial charge in [-0.15, -0.1) is 0 Å². The number of carbonyl (C=O) groups is 1. The molecule has 20 heavy (non-hydrogen) atoms. The van der Waals surface area contributed by atoms with Gasteiger partial charge in [0.15, 0.2) is 5.78 Å². The Kier molecular flexibility index (Phi) is 4.53. The van der Waals surface area contributed by atoms with E-state index in [9.17, 15) is 4.79 Å². The van der Waals surface area contributed by atoms with E-state index in [2.05, 4.69) is 0 Å². The Morgan fingerprint density at radius 2 is 1.70 bits per heavy atom. The summed E-state index contributed by atoms with van der Waals surface area (Å²) in [6.45, 7) is 0. The molecule has 0 aliphatic carbocycles. The van der Waals surface area contributed by atoms with Crippen LogP contribution in [0.5, 0.6) is 11.5 Å². The average Bonchev–Trinajstić information content (AvgIpc) is 2.48. The third kappa shape index (κ3) is 2.89. The van der Waals surface area contributed by atoms with Crippen molar-refractivity contribution in [3.05, 3.63) is 57.6 Å². The van der Waals surface area contributed by atoms with E-state index in [4.69, 9.17) is 32.7 Å². The smallest absolute Gasteiger partial charge is 0.196 e. The zero-order valence-electron chi connectivity index (χ0n) is 10.9. The first kappa shape index (κ1) is 14.7. The van der Waals surface area contributed by atoms with Gasteiger partial charge in [0.05, 0.1) is 29.8 Å². The third-order valence-electron chi connectivity index (χ3n) is 2.84. The molecule has 0 atom stereocenters. The molecule has 2 aromatic carbocycles. The van der Waals surface area contributed by atoms with Gasteiger partial charge in [-0.25, -0.2) is 0 Å². The number of benzene rings is 2. The summed E-state index contributed by atoms with van der Waals surface area (Å²) in [5, 5.41) is 0.745. The molecule has 0 N–H and O–H groups in total. The molecule has 0 radical (unpaired) electrons. The Hall–Kier alpha value is -1.71. The predicted molar refractivity (Wildman–Crippen MR) is 79.4 cm³/mol. The van der Waals surface area contributed by atoms with Crippen LogP contribution in [-0.4, -0.2) is 20.0 Å². The minimum Gasteiger partial charge on any atom is -0.497 e. The second-order valence-electron chi connectivity index (χ2n) is 4.02. The lowest BCUT2D eigenvalue weighted by Crippen LogP contribution is -2.04. The molecule has 0 bridgehead atoms. The minimum atomic E-state index is -0.192. The maximum Gasteiger partial charge on any atom is 0.196 e. The highest BCUT2D eigenvalue weighted by molar-refractivity contribution is 6.42. The molecule has 0 aliphatic rings. The van der Waals surface area contributed by atoms with Crippen molar-refractivity contribution in [3.8, 4) is 11.5 Å². The molecular formula is C15H12Cl2O3. The first-order valence-electron chi connectivity index (χ1n) is 5.78. The number of halogens is 2. The SMILES string of the molecule is COc1ccc(C(=O)c2ccc(Cl)c(Cl)c2)c(OC)c1. The summed E-state index contributed by atoms with van der Waals surface area (Å²) in [6, 6.07) is 9.77. The molecule has 104 valence electrons. The van der Waals surface area contributed by atoms with Crippen molar-refractivity contribution in [1.29, 1.82) is 0 Å². The van der Waals surface area contributed by atoms with E-state index >= 15 is 0 Å². The molecule has 2 aromatic rings. The number of methoxy groups -OCH3 is 2.